The zero-order valence-corrected chi connectivity index (χ0v) is 63.9. The molecule has 0 amide bonds. The van der Waals surface area contributed by atoms with E-state index in [1.54, 1.807) is 31.6 Å². The summed E-state index contributed by atoms with van der Waals surface area (Å²) in [5.41, 5.74) is 9.46. The zero-order chi connectivity index (χ0) is 47.7. The molecule has 0 aliphatic carbocycles. The normalized spacial score (nSPS) is 18.9. The minimum Gasteiger partial charge on any atom is -1.00 e. The van der Waals surface area contributed by atoms with Gasteiger partial charge < -0.3 is 145 Å². The van der Waals surface area contributed by atoms with Gasteiger partial charge in [0.2, 0.25) is 0 Å². The van der Waals surface area contributed by atoms with Crippen LogP contribution in [-0.4, -0.2) is 126 Å². The molecule has 5 aliphatic heterocycles. The largest absolute Gasteiger partial charge is 1.00 e. The Labute approximate surface area is 604 Å². The number of rotatable bonds is 5. The van der Waals surface area contributed by atoms with Crippen LogP contribution in [0.4, 0.5) is 0 Å². The van der Waals surface area contributed by atoms with E-state index in [9.17, 15) is 0 Å². The fraction of sp³-hybridized carbons (Fsp3) is 0.375. The number of aromatic amines is 5. The molecular weight excluding hydrogens is 2190 g/mol. The van der Waals surface area contributed by atoms with Crippen LogP contribution in [0.15, 0.2) is 88.4 Å². The Morgan fingerprint density at radius 1 is 0.320 bits per heavy atom. The van der Waals surface area contributed by atoms with Crippen LogP contribution >= 0.6 is 172 Å². The highest BCUT2D eigenvalue weighted by Crippen LogP contribution is 2.34. The quantitative estimate of drug-likeness (QED) is 0.0467. The summed E-state index contributed by atoms with van der Waals surface area (Å²) in [6.07, 6.45) is 18.0. The number of hydrogen-bond acceptors (Lipinski definition) is 15. The first-order chi connectivity index (χ1) is 34.5. The summed E-state index contributed by atoms with van der Waals surface area (Å²) in [5, 5.41) is 6.36. The summed E-state index contributed by atoms with van der Waals surface area (Å²) < 4.78 is 16.9. The van der Waals surface area contributed by atoms with E-state index < -0.39 is 0 Å². The van der Waals surface area contributed by atoms with Crippen LogP contribution in [0.1, 0.15) is 30.2 Å². The predicted octanol–water partition coefficient (Wildman–Crippen LogP) is -8.34. The Balaban J connectivity index is 0.000000150. The molecule has 400 valence electrons. The molecule has 0 spiro atoms. The smallest absolute Gasteiger partial charge is 0.296 e. The van der Waals surface area contributed by atoms with Crippen LogP contribution in [0.5, 0.6) is 0 Å². The molecule has 0 saturated carbocycles. The Morgan fingerprint density at radius 2 is 0.493 bits per heavy atom. The summed E-state index contributed by atoms with van der Waals surface area (Å²) in [7, 11) is 0. The van der Waals surface area contributed by atoms with Gasteiger partial charge in [-0.15, -0.1) is 0 Å². The average molecular weight is 2230 g/mol. The van der Waals surface area contributed by atoms with Crippen LogP contribution in [0.3, 0.4) is 0 Å². The van der Waals surface area contributed by atoms with E-state index >= 15 is 0 Å². The lowest BCUT2D eigenvalue weighted by Gasteiger charge is -2.01. The van der Waals surface area contributed by atoms with Gasteiger partial charge in [0.1, 0.15) is 30.2 Å². The lowest BCUT2D eigenvalue weighted by Crippen LogP contribution is -3.00. The van der Waals surface area contributed by atoms with Crippen molar-refractivity contribution in [1.29, 1.82) is 0 Å². The first-order valence-corrected chi connectivity index (χ1v) is 34.2. The monoisotopic (exact) mass is 2230 g/mol. The molecule has 35 heteroatoms. The van der Waals surface area contributed by atoms with Crippen molar-refractivity contribution < 1.29 is 143 Å². The van der Waals surface area contributed by atoms with E-state index in [1.807, 2.05) is 90.4 Å². The number of thioether (sulfide) groups is 5. The summed E-state index contributed by atoms with van der Waals surface area (Å²) >= 11 is 21.5. The van der Waals surface area contributed by atoms with Crippen LogP contribution in [0.25, 0.3) is 55.8 Å². The van der Waals surface area contributed by atoms with Crippen molar-refractivity contribution in [1.82, 2.24) is 74.8 Å². The highest BCUT2D eigenvalue weighted by molar-refractivity contribution is 14.1. The van der Waals surface area contributed by atoms with Gasteiger partial charge >= 0.3 is 0 Å². The molecule has 0 radical (unpaired) electrons. The molecule has 0 aromatic carbocycles. The van der Waals surface area contributed by atoms with Crippen molar-refractivity contribution in [3.05, 3.63) is 63.3 Å². The van der Waals surface area contributed by atoms with Crippen molar-refractivity contribution in [3.8, 4) is 0 Å². The molecule has 15 heterocycles. The van der Waals surface area contributed by atoms with E-state index in [0.29, 0.717) is 30.2 Å². The second-order valence-corrected chi connectivity index (χ2v) is 25.3. The maximum absolute atomic E-state index is 4.31. The van der Waals surface area contributed by atoms with E-state index in [2.05, 4.69) is 211 Å². The fourth-order valence-electron chi connectivity index (χ4n) is 8.11. The number of nitrogens with one attached hydrogen (secondary N) is 5. The maximum atomic E-state index is 4.31. The molecule has 5 unspecified atom stereocenters. The first kappa shape index (κ1) is 65.9. The van der Waals surface area contributed by atoms with Crippen LogP contribution in [0, 0.1) is 0 Å². The lowest BCUT2D eigenvalue weighted by molar-refractivity contribution is -0.743. The third kappa shape index (κ3) is 14.0. The number of alkyl halides is 5. The van der Waals surface area contributed by atoms with E-state index in [-0.39, 0.29) is 120 Å². The minimum atomic E-state index is 0. The third-order valence-electron chi connectivity index (χ3n) is 11.8. The number of hydrogen-bond donors (Lipinski definition) is 5. The molecule has 0 bridgehead atoms. The van der Waals surface area contributed by atoms with Crippen molar-refractivity contribution in [2.75, 3.05) is 50.9 Å². The zero-order valence-electron chi connectivity index (χ0n) is 38.3. The third-order valence-corrected chi connectivity index (χ3v) is 23.1. The number of imidazole rings is 5. The van der Waals surface area contributed by atoms with E-state index in [1.165, 1.54) is 25.1 Å². The number of aromatic nitrogens is 20. The maximum Gasteiger partial charge on any atom is 0.296 e. The topological polar surface area (TPSA) is 227 Å². The first-order valence-electron chi connectivity index (χ1n) is 21.6. The molecule has 5 N–H and O–H groups in total. The van der Waals surface area contributed by atoms with Gasteiger partial charge in [-0.25, -0.2) is 22.8 Å². The summed E-state index contributed by atoms with van der Waals surface area (Å²) in [6, 6.07) is 2.90. The van der Waals surface area contributed by atoms with Gasteiger partial charge in [-0.1, -0.05) is 172 Å². The standard InChI is InChI=1S/5C8H7IN4S.5HI/c5*9-1-5-2-14-8-6-7(11-3-10-6)12-4-13(5)8;;;;;/h5*3-5H,1-2H2;5*1H. The molecule has 5 aliphatic rings. The van der Waals surface area contributed by atoms with E-state index in [0.717, 1.165) is 107 Å². The molecule has 20 nitrogen and oxygen atoms in total. The second kappa shape index (κ2) is 31.1. The molecule has 15 rings (SSSR count). The molecule has 5 atom stereocenters. The molecule has 75 heavy (non-hydrogen) atoms. The van der Waals surface area contributed by atoms with Crippen LogP contribution < -0.4 is 143 Å². The fourth-order valence-corrected chi connectivity index (χ4v) is 20.2. The van der Waals surface area contributed by atoms with Gasteiger partial charge in [-0.2, -0.15) is 24.9 Å². The van der Waals surface area contributed by atoms with Gasteiger partial charge in [-0.05, 0) is 24.9 Å². The summed E-state index contributed by atoms with van der Waals surface area (Å²) in [4.78, 5) is 58.1. The van der Waals surface area contributed by atoms with Gasteiger partial charge in [0.15, 0.2) is 52.7 Å². The SMILES string of the molecule is ICC1CSc2c3[nH]cnc3nc[n+]21.ICC1CSc2c3[nH]cnc3nc[n+]21.ICC1CSc2c3[nH]cnc3nc[n+]21.ICC1CSc2c3[nH]cnc3nc[n+]21.ICC1CSc2c3[nH]cnc3nc[n+]21.[I-].[I-].[I-].[I-].[I-]. The van der Waals surface area contributed by atoms with Gasteiger partial charge in [-0.3, -0.25) is 0 Å². The Bertz CT molecular complexity index is 2950. The molecular formula is C40H40I10N20S5. The minimum absolute atomic E-state index is 0. The van der Waals surface area contributed by atoms with Gasteiger partial charge in [0.25, 0.3) is 59.9 Å². The molecule has 0 fully saturated rings. The molecule has 10 aromatic rings. The number of fused-ring (bicyclic) bond motifs is 15. The Kier molecular flexibility index (Phi) is 27.3. The average Bonchev–Trinajstić information content (AvgIpc) is 4.25. The van der Waals surface area contributed by atoms with Crippen molar-refractivity contribution >= 4 is 228 Å². The summed E-state index contributed by atoms with van der Waals surface area (Å²) in [6.45, 7) is 0. The highest BCUT2D eigenvalue weighted by Gasteiger charge is 2.34. The van der Waals surface area contributed by atoms with Crippen molar-refractivity contribution in [2.45, 2.75) is 55.3 Å². The second-order valence-electron chi connectivity index (χ2n) is 15.9. The molecule has 0 saturated heterocycles. The van der Waals surface area contributed by atoms with Crippen LogP contribution in [0.2, 0.25) is 0 Å². The lowest BCUT2D eigenvalue weighted by atomic mass is 10.4. The highest BCUT2D eigenvalue weighted by atomic mass is 127. The van der Waals surface area contributed by atoms with Crippen LogP contribution in [-0.2, 0) is 0 Å². The molecule has 10 aromatic heterocycles. The van der Waals surface area contributed by atoms with Crippen molar-refractivity contribution in [2.24, 2.45) is 0 Å². The van der Waals surface area contributed by atoms with Gasteiger partial charge in [0, 0.05) is 50.9 Å². The van der Waals surface area contributed by atoms with Gasteiger partial charge in [0.05, 0.1) is 31.6 Å². The summed E-state index contributed by atoms with van der Waals surface area (Å²) in [5.74, 6) is 5.71. The Hall–Kier alpha value is 1.80. The predicted molar refractivity (Wildman–Crippen MR) is 314 cm³/mol. The van der Waals surface area contributed by atoms with E-state index in [4.69, 9.17) is 0 Å². The Morgan fingerprint density at radius 3 is 0.653 bits per heavy atom. The number of nitrogens with zero attached hydrogens (tertiary/aromatic N) is 15. The van der Waals surface area contributed by atoms with Crippen molar-refractivity contribution in [3.63, 3.8) is 0 Å². The number of halogens is 10. The number of H-pyrrole nitrogens is 5.